The highest BCUT2D eigenvalue weighted by atomic mass is 16.5. The maximum atomic E-state index is 13.4. The van der Waals surface area contributed by atoms with Crippen LogP contribution < -0.4 is 15.4 Å². The molecule has 0 aromatic carbocycles. The molecule has 0 spiro atoms. The topological polar surface area (TPSA) is 115 Å². The number of amides is 2. The van der Waals surface area contributed by atoms with Gasteiger partial charge in [0, 0.05) is 11.7 Å². The van der Waals surface area contributed by atoms with Gasteiger partial charge in [0.05, 0.1) is 30.6 Å². The first-order valence-corrected chi connectivity index (χ1v) is 11.8. The summed E-state index contributed by atoms with van der Waals surface area (Å²) >= 11 is 0. The van der Waals surface area contributed by atoms with E-state index in [0.29, 0.717) is 29.7 Å². The third-order valence-corrected chi connectivity index (χ3v) is 6.99. The lowest BCUT2D eigenvalue weighted by atomic mass is 9.51. The van der Waals surface area contributed by atoms with Gasteiger partial charge in [-0.1, -0.05) is 0 Å². The van der Waals surface area contributed by atoms with Crippen LogP contribution in [-0.4, -0.2) is 56.8 Å². The molecule has 9 heteroatoms. The number of carbonyl (C=O) groups excluding carboxylic acids is 2. The van der Waals surface area contributed by atoms with Crippen LogP contribution >= 0.6 is 0 Å². The number of nitrogens with zero attached hydrogens (tertiary/aromatic N) is 2. The summed E-state index contributed by atoms with van der Waals surface area (Å²) in [6.07, 6.45) is 9.51. The summed E-state index contributed by atoms with van der Waals surface area (Å²) < 4.78 is 12.1. The number of aliphatic hydroxyl groups is 1. The molecule has 33 heavy (non-hydrogen) atoms. The summed E-state index contributed by atoms with van der Waals surface area (Å²) in [7, 11) is 1.31. The molecule has 4 bridgehead atoms. The Balaban J connectivity index is 1.55. The molecule has 1 aromatic heterocycles. The zero-order chi connectivity index (χ0) is 24.0. The van der Waals surface area contributed by atoms with Gasteiger partial charge in [0.1, 0.15) is 5.56 Å². The van der Waals surface area contributed by atoms with E-state index in [0.717, 1.165) is 32.1 Å². The second-order valence-corrected chi connectivity index (χ2v) is 11.0. The van der Waals surface area contributed by atoms with Gasteiger partial charge in [-0.3, -0.25) is 4.79 Å². The van der Waals surface area contributed by atoms with Gasteiger partial charge < -0.3 is 25.2 Å². The van der Waals surface area contributed by atoms with Crippen molar-refractivity contribution in [3.63, 3.8) is 0 Å². The van der Waals surface area contributed by atoms with E-state index < -0.39 is 17.2 Å². The Labute approximate surface area is 194 Å². The predicted octanol–water partition coefficient (Wildman–Crippen LogP) is 3.09. The fourth-order valence-corrected chi connectivity index (χ4v) is 6.23. The van der Waals surface area contributed by atoms with Gasteiger partial charge >= 0.3 is 6.09 Å². The second kappa shape index (κ2) is 8.34. The minimum Gasteiger partial charge on any atom is -0.474 e. The molecule has 2 unspecified atom stereocenters. The molecule has 5 rings (SSSR count). The van der Waals surface area contributed by atoms with E-state index in [4.69, 9.17) is 4.74 Å². The summed E-state index contributed by atoms with van der Waals surface area (Å²) in [6, 6.07) is 0. The number of ether oxygens (including phenoxy) is 2. The van der Waals surface area contributed by atoms with Crippen molar-refractivity contribution in [3.8, 4) is 5.88 Å². The fraction of sp³-hybridized carbons (Fsp3) is 0.708. The zero-order valence-corrected chi connectivity index (χ0v) is 20.2. The molecule has 1 heterocycles. The molecule has 3 N–H and O–H groups in total. The smallest absolute Gasteiger partial charge is 0.407 e. The number of carbonyl (C=O) groups is 2. The van der Waals surface area contributed by atoms with E-state index in [9.17, 15) is 14.7 Å². The molecule has 9 nitrogen and oxygen atoms in total. The average molecular weight is 461 g/mol. The summed E-state index contributed by atoms with van der Waals surface area (Å²) in [6.45, 7) is 7.41. The highest BCUT2D eigenvalue weighted by Crippen LogP contribution is 2.57. The van der Waals surface area contributed by atoms with Gasteiger partial charge in [0.25, 0.3) is 5.91 Å². The number of alkyl carbamates (subject to hydrolysis) is 1. The Kier molecular flexibility index (Phi) is 5.97. The van der Waals surface area contributed by atoms with Crippen LogP contribution in [0.5, 0.6) is 5.88 Å². The Morgan fingerprint density at radius 2 is 1.94 bits per heavy atom. The van der Waals surface area contributed by atoms with Crippen LogP contribution in [0.15, 0.2) is 12.3 Å². The number of nitrogens with one attached hydrogen (secondary N) is 2. The van der Waals surface area contributed by atoms with Crippen molar-refractivity contribution >= 4 is 18.2 Å². The standard InChI is InChI=1S/C24H36N4O5/c1-15(2)33-20-18(13-25-28(20)7-6-22(3,4)27-21(30)32-5)19(29)26-23-9-16-8-17(10-23)12-24(31,11-16)14-23/h6-7,13,15-17,31H,8-12,14H2,1-5H3,(H,26,29)(H,27,30)/b7-6+. The maximum Gasteiger partial charge on any atom is 0.407 e. The maximum absolute atomic E-state index is 13.4. The minimum atomic E-state index is -0.703. The van der Waals surface area contributed by atoms with Crippen molar-refractivity contribution < 1.29 is 24.2 Å². The van der Waals surface area contributed by atoms with Crippen LogP contribution in [0.1, 0.15) is 76.6 Å². The monoisotopic (exact) mass is 460 g/mol. The molecule has 2 atom stereocenters. The predicted molar refractivity (Wildman–Crippen MR) is 123 cm³/mol. The quantitative estimate of drug-likeness (QED) is 0.576. The Hall–Kier alpha value is -2.55. The lowest BCUT2D eigenvalue weighted by molar-refractivity contribution is -0.139. The Morgan fingerprint density at radius 3 is 2.52 bits per heavy atom. The van der Waals surface area contributed by atoms with E-state index >= 15 is 0 Å². The second-order valence-electron chi connectivity index (χ2n) is 11.0. The van der Waals surface area contributed by atoms with Gasteiger partial charge in [-0.15, -0.1) is 0 Å². The van der Waals surface area contributed by atoms with Crippen molar-refractivity contribution in [3.05, 3.63) is 17.8 Å². The van der Waals surface area contributed by atoms with Crippen LogP contribution in [0.4, 0.5) is 4.79 Å². The van der Waals surface area contributed by atoms with Crippen LogP contribution in [0.2, 0.25) is 0 Å². The van der Waals surface area contributed by atoms with E-state index in [1.807, 2.05) is 27.7 Å². The summed E-state index contributed by atoms with van der Waals surface area (Å²) in [4.78, 5) is 25.0. The lowest BCUT2D eigenvalue weighted by Crippen LogP contribution is -2.65. The molecule has 0 saturated heterocycles. The van der Waals surface area contributed by atoms with E-state index in [-0.39, 0.29) is 17.6 Å². The SMILES string of the molecule is COC(=O)NC(C)(C)/C=C/n1ncc(C(=O)NC23CC4CC(CC(O)(C4)C2)C3)c1OC(C)C. The normalized spacial score (nSPS) is 30.6. The number of rotatable bonds is 7. The molecule has 4 aliphatic rings. The lowest BCUT2D eigenvalue weighted by Gasteiger charge is -2.60. The first kappa shape index (κ1) is 23.6. The van der Waals surface area contributed by atoms with Gasteiger partial charge in [-0.05, 0) is 84.1 Å². The third kappa shape index (κ3) is 5.03. The first-order valence-electron chi connectivity index (χ1n) is 11.8. The summed E-state index contributed by atoms with van der Waals surface area (Å²) in [5.74, 6) is 1.05. The fourth-order valence-electron chi connectivity index (χ4n) is 6.23. The molecule has 4 fully saturated rings. The molecular formula is C24H36N4O5. The number of hydrogen-bond acceptors (Lipinski definition) is 6. The molecule has 4 saturated carbocycles. The molecule has 0 radical (unpaired) electrons. The number of aromatic nitrogens is 2. The first-order chi connectivity index (χ1) is 15.4. The molecule has 182 valence electrons. The number of hydrogen-bond donors (Lipinski definition) is 3. The molecule has 1 aromatic rings. The van der Waals surface area contributed by atoms with Crippen LogP contribution in [0.25, 0.3) is 6.20 Å². The summed E-state index contributed by atoms with van der Waals surface area (Å²) in [5, 5.41) is 21.4. The van der Waals surface area contributed by atoms with Gasteiger partial charge in [0.2, 0.25) is 5.88 Å². The average Bonchev–Trinajstić information content (AvgIpc) is 3.05. The van der Waals surface area contributed by atoms with E-state index in [1.165, 1.54) is 18.0 Å². The van der Waals surface area contributed by atoms with E-state index in [2.05, 4.69) is 20.5 Å². The Morgan fingerprint density at radius 1 is 1.27 bits per heavy atom. The molecule has 4 aliphatic carbocycles. The van der Waals surface area contributed by atoms with Gasteiger partial charge in [0.15, 0.2) is 0 Å². The third-order valence-electron chi connectivity index (χ3n) is 6.99. The summed E-state index contributed by atoms with van der Waals surface area (Å²) in [5.41, 5.74) is -1.37. The van der Waals surface area contributed by atoms with Crippen molar-refractivity contribution in [1.29, 1.82) is 0 Å². The van der Waals surface area contributed by atoms with Gasteiger partial charge in [-0.25, -0.2) is 9.48 Å². The van der Waals surface area contributed by atoms with Crippen LogP contribution in [0, 0.1) is 11.8 Å². The zero-order valence-electron chi connectivity index (χ0n) is 20.2. The van der Waals surface area contributed by atoms with Crippen molar-refractivity contribution in [1.82, 2.24) is 20.4 Å². The van der Waals surface area contributed by atoms with Crippen LogP contribution in [-0.2, 0) is 4.74 Å². The van der Waals surface area contributed by atoms with Crippen LogP contribution in [0.3, 0.4) is 0 Å². The number of methoxy groups -OCH3 is 1. The highest BCUT2D eigenvalue weighted by Gasteiger charge is 2.57. The Bertz CT molecular complexity index is 937. The molecular weight excluding hydrogens is 424 g/mol. The highest BCUT2D eigenvalue weighted by molar-refractivity contribution is 5.97. The minimum absolute atomic E-state index is 0.165. The van der Waals surface area contributed by atoms with Crippen molar-refractivity contribution in [2.45, 2.75) is 89.0 Å². The van der Waals surface area contributed by atoms with Crippen molar-refractivity contribution in [2.75, 3.05) is 7.11 Å². The largest absolute Gasteiger partial charge is 0.474 e. The molecule has 0 aliphatic heterocycles. The van der Waals surface area contributed by atoms with Gasteiger partial charge in [-0.2, -0.15) is 5.10 Å². The van der Waals surface area contributed by atoms with Crippen molar-refractivity contribution in [2.24, 2.45) is 11.8 Å². The molecule has 2 amide bonds. The van der Waals surface area contributed by atoms with E-state index in [1.54, 1.807) is 12.3 Å².